The molecule has 0 radical (unpaired) electrons. The summed E-state index contributed by atoms with van der Waals surface area (Å²) in [6.45, 7) is 5.14. The van der Waals surface area contributed by atoms with Crippen LogP contribution in [0.15, 0.2) is 0 Å². The molecular weight excluding hydrogens is 312 g/mol. The van der Waals surface area contributed by atoms with Crippen molar-refractivity contribution in [1.29, 1.82) is 0 Å². The quantitative estimate of drug-likeness (QED) is 0.751. The van der Waals surface area contributed by atoms with Gasteiger partial charge >= 0.3 is 5.97 Å². The van der Waals surface area contributed by atoms with Crippen molar-refractivity contribution in [2.75, 3.05) is 13.7 Å². The van der Waals surface area contributed by atoms with Crippen LogP contribution in [0.1, 0.15) is 71.6 Å². The van der Waals surface area contributed by atoms with E-state index in [1.807, 2.05) is 0 Å². The first-order valence-corrected chi connectivity index (χ1v) is 10.6. The Morgan fingerprint density at radius 1 is 1.08 bits per heavy atom. The van der Waals surface area contributed by atoms with Gasteiger partial charge in [-0.05, 0) is 91.8 Å². The van der Waals surface area contributed by atoms with Crippen molar-refractivity contribution in [3.05, 3.63) is 0 Å². The molecule has 0 aromatic rings. The molecule has 0 bridgehead atoms. The van der Waals surface area contributed by atoms with E-state index >= 15 is 0 Å². The monoisotopic (exact) mass is 348 g/mol. The van der Waals surface area contributed by atoms with Crippen LogP contribution in [-0.4, -0.2) is 24.8 Å². The Bertz CT molecular complexity index is 531. The molecule has 0 heterocycles. The number of ether oxygens (including phenoxy) is 1. The number of aliphatic hydroxyl groups is 1. The summed E-state index contributed by atoms with van der Waals surface area (Å²) in [5.74, 6) is 3.70. The minimum atomic E-state index is 0.0144. The average molecular weight is 349 g/mol. The molecule has 0 aromatic carbocycles. The van der Waals surface area contributed by atoms with E-state index in [0.29, 0.717) is 24.4 Å². The van der Waals surface area contributed by atoms with Crippen molar-refractivity contribution in [2.45, 2.75) is 71.6 Å². The molecule has 8 atom stereocenters. The molecule has 4 rings (SSSR count). The van der Waals surface area contributed by atoms with Crippen LogP contribution in [0.3, 0.4) is 0 Å². The lowest BCUT2D eigenvalue weighted by atomic mass is 9.44. The fourth-order valence-corrected chi connectivity index (χ4v) is 8.10. The molecule has 25 heavy (non-hydrogen) atoms. The largest absolute Gasteiger partial charge is 0.469 e. The third-order valence-electron chi connectivity index (χ3n) is 9.41. The second-order valence-electron chi connectivity index (χ2n) is 10.1. The molecule has 0 spiro atoms. The summed E-state index contributed by atoms with van der Waals surface area (Å²) in [5.41, 5.74) is 0.305. The molecule has 1 N–H and O–H groups in total. The molecule has 0 aliphatic heterocycles. The Morgan fingerprint density at radius 3 is 2.60 bits per heavy atom. The Hall–Kier alpha value is -0.570. The van der Waals surface area contributed by atoms with E-state index in [-0.39, 0.29) is 22.7 Å². The molecule has 0 saturated heterocycles. The number of rotatable bonds is 2. The number of carbonyl (C=O) groups is 1. The second kappa shape index (κ2) is 6.25. The van der Waals surface area contributed by atoms with Gasteiger partial charge in [0.15, 0.2) is 0 Å². The van der Waals surface area contributed by atoms with E-state index in [1.54, 1.807) is 7.11 Å². The second-order valence-corrected chi connectivity index (χ2v) is 10.1. The summed E-state index contributed by atoms with van der Waals surface area (Å²) in [6.07, 6.45) is 11.0. The lowest BCUT2D eigenvalue weighted by Gasteiger charge is -2.61. The van der Waals surface area contributed by atoms with Gasteiger partial charge in [0, 0.05) is 6.61 Å². The zero-order chi connectivity index (χ0) is 17.8. The Balaban J connectivity index is 1.62. The predicted octanol–water partition coefficient (Wildman–Crippen LogP) is 4.43. The highest BCUT2D eigenvalue weighted by Gasteiger charge is 2.62. The first-order valence-electron chi connectivity index (χ1n) is 10.6. The molecule has 142 valence electrons. The van der Waals surface area contributed by atoms with Gasteiger partial charge in [-0.25, -0.2) is 0 Å². The van der Waals surface area contributed by atoms with Crippen LogP contribution in [-0.2, 0) is 9.53 Å². The molecule has 8 unspecified atom stereocenters. The first-order chi connectivity index (χ1) is 12.0. The minimum Gasteiger partial charge on any atom is -0.469 e. The van der Waals surface area contributed by atoms with Gasteiger partial charge in [0.25, 0.3) is 0 Å². The molecule has 4 saturated carbocycles. The third kappa shape index (κ3) is 2.44. The maximum Gasteiger partial charge on any atom is 0.309 e. The lowest BCUT2D eigenvalue weighted by molar-refractivity contribution is -0.162. The van der Waals surface area contributed by atoms with Crippen LogP contribution >= 0.6 is 0 Å². The van der Waals surface area contributed by atoms with E-state index < -0.39 is 0 Å². The molecule has 3 heteroatoms. The summed E-state index contributed by atoms with van der Waals surface area (Å²) >= 11 is 0. The molecule has 0 aromatic heterocycles. The van der Waals surface area contributed by atoms with Crippen molar-refractivity contribution < 1.29 is 14.6 Å². The highest BCUT2D eigenvalue weighted by atomic mass is 16.5. The zero-order valence-corrected chi connectivity index (χ0v) is 16.3. The van der Waals surface area contributed by atoms with Crippen molar-refractivity contribution in [3.8, 4) is 0 Å². The minimum absolute atomic E-state index is 0.0144. The normalized spacial score (nSPS) is 52.0. The Kier molecular flexibility index (Phi) is 4.46. The van der Waals surface area contributed by atoms with E-state index in [2.05, 4.69) is 13.8 Å². The SMILES string of the molecule is COC(=O)C1CCC2C3CCC4CC(C)CCC4(CO)C3CCC12C. The summed E-state index contributed by atoms with van der Waals surface area (Å²) < 4.78 is 5.14. The number of fused-ring (bicyclic) bond motifs is 5. The number of carbonyl (C=O) groups excluding carboxylic acids is 1. The van der Waals surface area contributed by atoms with E-state index in [0.717, 1.165) is 24.7 Å². The van der Waals surface area contributed by atoms with Gasteiger partial charge < -0.3 is 9.84 Å². The highest BCUT2D eigenvalue weighted by Crippen LogP contribution is 2.67. The van der Waals surface area contributed by atoms with Crippen LogP contribution in [0, 0.1) is 46.3 Å². The van der Waals surface area contributed by atoms with Gasteiger partial charge in [-0.3, -0.25) is 4.79 Å². The summed E-state index contributed by atoms with van der Waals surface area (Å²) in [7, 11) is 1.54. The third-order valence-corrected chi connectivity index (χ3v) is 9.41. The van der Waals surface area contributed by atoms with Crippen LogP contribution in [0.25, 0.3) is 0 Å². The molecular formula is C22H36O3. The van der Waals surface area contributed by atoms with Crippen LogP contribution < -0.4 is 0 Å². The number of methoxy groups -OCH3 is 1. The fraction of sp³-hybridized carbons (Fsp3) is 0.955. The molecule has 4 aliphatic rings. The van der Waals surface area contributed by atoms with Crippen molar-refractivity contribution in [2.24, 2.45) is 46.3 Å². The highest BCUT2D eigenvalue weighted by molar-refractivity contribution is 5.73. The van der Waals surface area contributed by atoms with Crippen molar-refractivity contribution in [3.63, 3.8) is 0 Å². The topological polar surface area (TPSA) is 46.5 Å². The smallest absolute Gasteiger partial charge is 0.309 e. The number of aliphatic hydroxyl groups excluding tert-OH is 1. The van der Waals surface area contributed by atoms with Crippen molar-refractivity contribution in [1.82, 2.24) is 0 Å². The fourth-order valence-electron chi connectivity index (χ4n) is 8.10. The summed E-state index contributed by atoms with van der Waals surface area (Å²) in [5, 5.41) is 10.5. The summed E-state index contributed by atoms with van der Waals surface area (Å²) in [6, 6.07) is 0. The number of hydrogen-bond acceptors (Lipinski definition) is 3. The van der Waals surface area contributed by atoms with Gasteiger partial charge in [0.05, 0.1) is 13.0 Å². The predicted molar refractivity (Wildman–Crippen MR) is 97.8 cm³/mol. The molecule has 4 fully saturated rings. The van der Waals surface area contributed by atoms with Crippen molar-refractivity contribution >= 4 is 5.97 Å². The van der Waals surface area contributed by atoms with Gasteiger partial charge in [-0.2, -0.15) is 0 Å². The maximum absolute atomic E-state index is 12.4. The van der Waals surface area contributed by atoms with Crippen LogP contribution in [0.5, 0.6) is 0 Å². The van der Waals surface area contributed by atoms with E-state index in [4.69, 9.17) is 4.74 Å². The van der Waals surface area contributed by atoms with E-state index in [1.165, 1.54) is 44.9 Å². The standard InChI is InChI=1S/C22H36O3/c1-14-8-11-22(13-23)15(12-14)4-5-16-17-6-7-19(20(24)25-3)21(17,2)10-9-18(16)22/h14-19,23H,4-13H2,1-3H3. The van der Waals surface area contributed by atoms with Crippen LogP contribution in [0.4, 0.5) is 0 Å². The van der Waals surface area contributed by atoms with Gasteiger partial charge in [-0.1, -0.05) is 20.3 Å². The van der Waals surface area contributed by atoms with Gasteiger partial charge in [0.1, 0.15) is 0 Å². The first kappa shape index (κ1) is 17.8. The number of esters is 1. The molecule has 3 nitrogen and oxygen atoms in total. The zero-order valence-electron chi connectivity index (χ0n) is 16.3. The average Bonchev–Trinajstić information content (AvgIpc) is 2.98. The van der Waals surface area contributed by atoms with Gasteiger partial charge in [-0.15, -0.1) is 0 Å². The number of hydrogen-bond donors (Lipinski definition) is 1. The van der Waals surface area contributed by atoms with E-state index in [9.17, 15) is 9.90 Å². The van der Waals surface area contributed by atoms with Crippen LogP contribution in [0.2, 0.25) is 0 Å². The Morgan fingerprint density at radius 2 is 1.88 bits per heavy atom. The maximum atomic E-state index is 12.4. The lowest BCUT2D eigenvalue weighted by Crippen LogP contribution is -2.56. The summed E-state index contributed by atoms with van der Waals surface area (Å²) in [4.78, 5) is 12.4. The molecule has 4 aliphatic carbocycles. The Labute approximate surface area is 152 Å². The van der Waals surface area contributed by atoms with Gasteiger partial charge in [0.2, 0.25) is 0 Å². The molecule has 0 amide bonds.